The Kier molecular flexibility index (Phi) is 5.59. The molecule has 0 spiro atoms. The summed E-state index contributed by atoms with van der Waals surface area (Å²) in [5.74, 6) is 0. The third kappa shape index (κ3) is 4.05. The second kappa shape index (κ2) is 7.47. The van der Waals surface area contributed by atoms with Gasteiger partial charge in [0, 0.05) is 25.5 Å². The summed E-state index contributed by atoms with van der Waals surface area (Å²) in [6.45, 7) is 2.61. The second-order valence-electron chi connectivity index (χ2n) is 3.64. The maximum Gasteiger partial charge on any atom is 0.169 e. The molecule has 0 aliphatic rings. The molecule has 2 aromatic heterocycles. The fourth-order valence-corrected chi connectivity index (χ4v) is 2.73. The summed E-state index contributed by atoms with van der Waals surface area (Å²) in [4.78, 5) is 0. The molecule has 8 heteroatoms. The predicted molar refractivity (Wildman–Crippen MR) is 71.9 cm³/mol. The summed E-state index contributed by atoms with van der Waals surface area (Å²) >= 11 is 2.92. The van der Waals surface area contributed by atoms with Gasteiger partial charge in [-0.15, -0.1) is 15.3 Å². The van der Waals surface area contributed by atoms with Gasteiger partial charge < -0.3 is 10.1 Å². The van der Waals surface area contributed by atoms with E-state index < -0.39 is 0 Å². The minimum atomic E-state index is 0.750. The van der Waals surface area contributed by atoms with Crippen molar-refractivity contribution in [2.45, 2.75) is 12.8 Å². The number of ether oxygens (including phenoxy) is 1. The highest BCUT2D eigenvalue weighted by Gasteiger charge is 2.08. The summed E-state index contributed by atoms with van der Waals surface area (Å²) in [6.07, 6.45) is 1.99. The lowest BCUT2D eigenvalue weighted by atomic mass is 10.3. The van der Waals surface area contributed by atoms with Crippen LogP contribution in [0.25, 0.3) is 10.7 Å². The van der Waals surface area contributed by atoms with Gasteiger partial charge in [0.05, 0.1) is 6.61 Å². The molecule has 0 fully saturated rings. The smallest absolute Gasteiger partial charge is 0.169 e. The van der Waals surface area contributed by atoms with Crippen LogP contribution in [0.3, 0.4) is 0 Å². The lowest BCUT2D eigenvalue weighted by molar-refractivity contribution is 0.199. The molecule has 0 saturated carbocycles. The van der Waals surface area contributed by atoms with Gasteiger partial charge in [0.15, 0.2) is 5.01 Å². The van der Waals surface area contributed by atoms with E-state index in [0.29, 0.717) is 0 Å². The summed E-state index contributed by atoms with van der Waals surface area (Å²) in [5, 5.41) is 19.3. The average Bonchev–Trinajstić information content (AvgIpc) is 3.03. The van der Waals surface area contributed by atoms with E-state index in [4.69, 9.17) is 4.74 Å². The first-order valence-corrected chi connectivity index (χ1v) is 7.35. The highest BCUT2D eigenvalue weighted by atomic mass is 32.1. The molecule has 0 aromatic carbocycles. The maximum absolute atomic E-state index is 4.96. The third-order valence-corrected chi connectivity index (χ3v) is 3.78. The van der Waals surface area contributed by atoms with E-state index in [1.165, 1.54) is 11.5 Å². The summed E-state index contributed by atoms with van der Waals surface area (Å²) < 4.78 is 8.78. The molecule has 0 bridgehead atoms. The molecule has 0 radical (unpaired) electrons. The summed E-state index contributed by atoms with van der Waals surface area (Å²) in [7, 11) is 1.71. The summed E-state index contributed by atoms with van der Waals surface area (Å²) in [5.41, 5.74) is 0.821. The molecule has 2 heterocycles. The first-order valence-electron chi connectivity index (χ1n) is 5.69. The van der Waals surface area contributed by atoms with Gasteiger partial charge in [0.25, 0.3) is 0 Å². The first kappa shape index (κ1) is 13.5. The number of nitrogens with one attached hydrogen (secondary N) is 1. The normalized spacial score (nSPS) is 10.9. The topological polar surface area (TPSA) is 72.8 Å². The van der Waals surface area contributed by atoms with Crippen molar-refractivity contribution in [1.82, 2.24) is 25.1 Å². The van der Waals surface area contributed by atoms with Gasteiger partial charge in [-0.1, -0.05) is 15.8 Å². The van der Waals surface area contributed by atoms with Crippen LogP contribution in [0.2, 0.25) is 0 Å². The highest BCUT2D eigenvalue weighted by Crippen LogP contribution is 2.22. The van der Waals surface area contributed by atoms with Crippen LogP contribution < -0.4 is 5.32 Å². The molecule has 0 amide bonds. The van der Waals surface area contributed by atoms with E-state index in [1.54, 1.807) is 18.4 Å². The number of aromatic nitrogens is 4. The minimum absolute atomic E-state index is 0.750. The molecular formula is C10H15N5OS2. The van der Waals surface area contributed by atoms with E-state index in [1.807, 2.05) is 5.38 Å². The quantitative estimate of drug-likeness (QED) is 0.735. The van der Waals surface area contributed by atoms with Gasteiger partial charge in [-0.2, -0.15) is 0 Å². The van der Waals surface area contributed by atoms with Crippen LogP contribution in [0.4, 0.5) is 0 Å². The Morgan fingerprint density at radius 2 is 2.22 bits per heavy atom. The van der Waals surface area contributed by atoms with E-state index in [-0.39, 0.29) is 0 Å². The summed E-state index contributed by atoms with van der Waals surface area (Å²) in [6, 6.07) is 0. The number of aryl methyl sites for hydroxylation is 1. The van der Waals surface area contributed by atoms with Crippen molar-refractivity contribution in [2.75, 3.05) is 26.8 Å². The minimum Gasteiger partial charge on any atom is -0.383 e. The molecular weight excluding hydrogens is 270 g/mol. The Morgan fingerprint density at radius 1 is 1.28 bits per heavy atom. The van der Waals surface area contributed by atoms with Crippen LogP contribution >= 0.6 is 22.9 Å². The zero-order chi connectivity index (χ0) is 12.6. The van der Waals surface area contributed by atoms with E-state index in [0.717, 1.165) is 48.2 Å². The maximum atomic E-state index is 4.96. The predicted octanol–water partition coefficient (Wildman–Crippen LogP) is 1.23. The van der Waals surface area contributed by atoms with Crippen LogP contribution in [0.15, 0.2) is 5.38 Å². The average molecular weight is 285 g/mol. The lowest BCUT2D eigenvalue weighted by Crippen LogP contribution is -2.20. The Morgan fingerprint density at radius 3 is 3.00 bits per heavy atom. The lowest BCUT2D eigenvalue weighted by Gasteiger charge is -2.01. The molecule has 1 N–H and O–H groups in total. The standard InChI is InChI=1S/C10H15N5OS2/c1-16-6-5-11-4-2-3-9-13-14-10(18-9)8-7-17-15-12-8/h7,11H,2-6H2,1H3. The number of nitrogens with zero attached hydrogens (tertiary/aromatic N) is 4. The molecule has 0 aliphatic heterocycles. The molecule has 2 aromatic rings. The van der Waals surface area contributed by atoms with Gasteiger partial charge in [-0.3, -0.25) is 0 Å². The Balaban J connectivity index is 1.71. The van der Waals surface area contributed by atoms with Gasteiger partial charge in [0.2, 0.25) is 0 Å². The fourth-order valence-electron chi connectivity index (χ4n) is 1.38. The van der Waals surface area contributed by atoms with Crippen molar-refractivity contribution in [2.24, 2.45) is 0 Å². The fraction of sp³-hybridized carbons (Fsp3) is 0.600. The third-order valence-electron chi connectivity index (χ3n) is 2.27. The molecule has 2 rings (SSSR count). The monoisotopic (exact) mass is 285 g/mol. The van der Waals surface area contributed by atoms with Crippen molar-refractivity contribution in [1.29, 1.82) is 0 Å². The van der Waals surface area contributed by atoms with Crippen molar-refractivity contribution < 1.29 is 4.74 Å². The number of hydrogen-bond donors (Lipinski definition) is 1. The van der Waals surface area contributed by atoms with Gasteiger partial charge in [0.1, 0.15) is 10.7 Å². The number of hydrogen-bond acceptors (Lipinski definition) is 8. The van der Waals surface area contributed by atoms with Crippen LogP contribution in [-0.2, 0) is 11.2 Å². The molecule has 98 valence electrons. The van der Waals surface area contributed by atoms with Crippen molar-refractivity contribution in [3.05, 3.63) is 10.4 Å². The van der Waals surface area contributed by atoms with Crippen LogP contribution in [0.1, 0.15) is 11.4 Å². The molecule has 6 nitrogen and oxygen atoms in total. The van der Waals surface area contributed by atoms with Crippen molar-refractivity contribution in [3.63, 3.8) is 0 Å². The zero-order valence-corrected chi connectivity index (χ0v) is 11.8. The Bertz CT molecular complexity index is 445. The molecule has 18 heavy (non-hydrogen) atoms. The van der Waals surface area contributed by atoms with Gasteiger partial charge >= 0.3 is 0 Å². The van der Waals surface area contributed by atoms with E-state index in [9.17, 15) is 0 Å². The molecule has 0 atom stereocenters. The van der Waals surface area contributed by atoms with Gasteiger partial charge in [-0.05, 0) is 24.5 Å². The van der Waals surface area contributed by atoms with Crippen molar-refractivity contribution >= 4 is 22.9 Å². The van der Waals surface area contributed by atoms with E-state index >= 15 is 0 Å². The number of methoxy groups -OCH3 is 1. The SMILES string of the molecule is COCCNCCCc1nnc(-c2csnn2)s1. The largest absolute Gasteiger partial charge is 0.383 e. The second-order valence-corrected chi connectivity index (χ2v) is 5.31. The molecule has 0 saturated heterocycles. The van der Waals surface area contributed by atoms with Crippen LogP contribution in [-0.4, -0.2) is 46.6 Å². The van der Waals surface area contributed by atoms with Crippen molar-refractivity contribution in [3.8, 4) is 10.7 Å². The van der Waals surface area contributed by atoms with E-state index in [2.05, 4.69) is 25.1 Å². The molecule has 0 aliphatic carbocycles. The zero-order valence-electron chi connectivity index (χ0n) is 10.1. The Hall–Kier alpha value is -0.960. The number of rotatable bonds is 8. The first-order chi connectivity index (χ1) is 8.90. The highest BCUT2D eigenvalue weighted by molar-refractivity contribution is 7.15. The van der Waals surface area contributed by atoms with Crippen LogP contribution in [0, 0.1) is 0 Å². The van der Waals surface area contributed by atoms with Gasteiger partial charge in [-0.25, -0.2) is 0 Å². The molecule has 0 unspecified atom stereocenters. The van der Waals surface area contributed by atoms with Crippen LogP contribution in [0.5, 0.6) is 0 Å². The Labute approximate surface area is 114 Å².